The van der Waals surface area contributed by atoms with Gasteiger partial charge in [0, 0.05) is 22.8 Å². The maximum atomic E-state index is 12.5. The lowest BCUT2D eigenvalue weighted by atomic mass is 9.85. The molecular formula is C21H23NO4. The van der Waals surface area contributed by atoms with Gasteiger partial charge in [-0.1, -0.05) is 26.8 Å². The summed E-state index contributed by atoms with van der Waals surface area (Å²) in [6, 6.07) is 8.97. The summed E-state index contributed by atoms with van der Waals surface area (Å²) < 4.78 is 10.6. The van der Waals surface area contributed by atoms with E-state index in [9.17, 15) is 9.90 Å². The molecule has 0 aliphatic carbocycles. The smallest absolute Gasteiger partial charge is 0.256 e. The third-order valence-electron chi connectivity index (χ3n) is 4.50. The van der Waals surface area contributed by atoms with Crippen LogP contribution in [0.3, 0.4) is 0 Å². The van der Waals surface area contributed by atoms with Crippen molar-refractivity contribution in [3.63, 3.8) is 0 Å². The average Bonchev–Trinajstić information content (AvgIpc) is 2.89. The first-order valence-electron chi connectivity index (χ1n) is 8.37. The number of methoxy groups -OCH3 is 2. The standard InChI is InChI=1S/C21H23NO4/c1-21(2,3)13-6-7-17(23)12(8-13)9-15-14-10-18(25-4)19(26-5)11-16(14)22-20(15)24/h6-11,23H,1-5H3,(H,22,24)/b15-9-. The molecule has 0 radical (unpaired) electrons. The van der Waals surface area contributed by atoms with Crippen LogP contribution in [0.25, 0.3) is 11.6 Å². The summed E-state index contributed by atoms with van der Waals surface area (Å²) in [5, 5.41) is 13.1. The number of phenolic OH excluding ortho intramolecular Hbond substituents is 1. The molecule has 2 aromatic rings. The average molecular weight is 353 g/mol. The normalized spacial score (nSPS) is 15.0. The Bertz CT molecular complexity index is 907. The highest BCUT2D eigenvalue weighted by molar-refractivity contribution is 6.35. The van der Waals surface area contributed by atoms with Crippen molar-refractivity contribution in [2.45, 2.75) is 26.2 Å². The topological polar surface area (TPSA) is 67.8 Å². The van der Waals surface area contributed by atoms with Crippen LogP contribution in [0.4, 0.5) is 5.69 Å². The number of rotatable bonds is 3. The molecule has 0 saturated heterocycles. The van der Waals surface area contributed by atoms with E-state index in [1.54, 1.807) is 38.5 Å². The monoisotopic (exact) mass is 353 g/mol. The maximum absolute atomic E-state index is 12.5. The number of ether oxygens (including phenoxy) is 2. The van der Waals surface area contributed by atoms with Gasteiger partial charge in [0.25, 0.3) is 5.91 Å². The van der Waals surface area contributed by atoms with Gasteiger partial charge in [0.2, 0.25) is 0 Å². The van der Waals surface area contributed by atoms with E-state index in [0.29, 0.717) is 33.9 Å². The van der Waals surface area contributed by atoms with Gasteiger partial charge in [-0.15, -0.1) is 0 Å². The molecule has 0 bridgehead atoms. The second kappa shape index (κ2) is 6.41. The number of hydrogen-bond donors (Lipinski definition) is 2. The van der Waals surface area contributed by atoms with Crippen molar-refractivity contribution in [1.82, 2.24) is 0 Å². The zero-order valence-electron chi connectivity index (χ0n) is 15.6. The minimum Gasteiger partial charge on any atom is -0.507 e. The third-order valence-corrected chi connectivity index (χ3v) is 4.50. The number of fused-ring (bicyclic) bond motifs is 1. The van der Waals surface area contributed by atoms with E-state index in [4.69, 9.17) is 9.47 Å². The van der Waals surface area contributed by atoms with Crippen LogP contribution in [0.2, 0.25) is 0 Å². The van der Waals surface area contributed by atoms with E-state index in [2.05, 4.69) is 26.1 Å². The van der Waals surface area contributed by atoms with Crippen LogP contribution in [-0.4, -0.2) is 25.2 Å². The number of benzene rings is 2. The van der Waals surface area contributed by atoms with Crippen LogP contribution < -0.4 is 14.8 Å². The Morgan fingerprint density at radius 2 is 1.69 bits per heavy atom. The third kappa shape index (κ3) is 3.12. The van der Waals surface area contributed by atoms with Crippen LogP contribution in [0.15, 0.2) is 30.3 Å². The molecule has 0 unspecified atom stereocenters. The van der Waals surface area contributed by atoms with Crippen molar-refractivity contribution in [2.75, 3.05) is 19.5 Å². The summed E-state index contributed by atoms with van der Waals surface area (Å²) in [5.41, 5.74) is 3.46. The molecule has 0 saturated carbocycles. The number of amides is 1. The van der Waals surface area contributed by atoms with Gasteiger partial charge in [-0.3, -0.25) is 4.79 Å². The first kappa shape index (κ1) is 17.9. The highest BCUT2D eigenvalue weighted by Gasteiger charge is 2.27. The van der Waals surface area contributed by atoms with Crippen molar-refractivity contribution >= 4 is 23.2 Å². The summed E-state index contributed by atoms with van der Waals surface area (Å²) in [6.45, 7) is 6.31. The van der Waals surface area contributed by atoms with Crippen LogP contribution in [0, 0.1) is 0 Å². The van der Waals surface area contributed by atoms with Gasteiger partial charge < -0.3 is 19.9 Å². The Morgan fingerprint density at radius 3 is 2.31 bits per heavy atom. The zero-order chi connectivity index (χ0) is 19.1. The van der Waals surface area contributed by atoms with E-state index < -0.39 is 0 Å². The number of carbonyl (C=O) groups is 1. The molecule has 0 atom stereocenters. The Balaban J connectivity index is 2.13. The van der Waals surface area contributed by atoms with E-state index in [-0.39, 0.29) is 17.1 Å². The molecule has 1 aliphatic rings. The predicted octanol–water partition coefficient (Wildman–Crippen LogP) is 4.20. The molecule has 1 amide bonds. The van der Waals surface area contributed by atoms with Crippen LogP contribution in [0.1, 0.15) is 37.5 Å². The van der Waals surface area contributed by atoms with Gasteiger partial charge in [-0.05, 0) is 35.3 Å². The highest BCUT2D eigenvalue weighted by atomic mass is 16.5. The van der Waals surface area contributed by atoms with E-state index in [1.165, 1.54) is 0 Å². The Labute approximate surface area is 153 Å². The van der Waals surface area contributed by atoms with Crippen molar-refractivity contribution in [3.8, 4) is 17.2 Å². The molecule has 5 nitrogen and oxygen atoms in total. The maximum Gasteiger partial charge on any atom is 0.256 e. The zero-order valence-corrected chi connectivity index (χ0v) is 15.6. The van der Waals surface area contributed by atoms with Gasteiger partial charge in [-0.2, -0.15) is 0 Å². The molecular weight excluding hydrogens is 330 g/mol. The Morgan fingerprint density at radius 1 is 1.04 bits per heavy atom. The first-order valence-corrected chi connectivity index (χ1v) is 8.37. The molecule has 1 aliphatic heterocycles. The fraction of sp³-hybridized carbons (Fsp3) is 0.286. The lowest BCUT2D eigenvalue weighted by Gasteiger charge is -2.19. The van der Waals surface area contributed by atoms with Crippen LogP contribution in [-0.2, 0) is 10.2 Å². The molecule has 3 rings (SSSR count). The number of hydrogen-bond acceptors (Lipinski definition) is 4. The predicted molar refractivity (Wildman–Crippen MR) is 103 cm³/mol. The number of anilines is 1. The second-order valence-electron chi connectivity index (χ2n) is 7.29. The molecule has 136 valence electrons. The minimum atomic E-state index is -0.226. The Kier molecular flexibility index (Phi) is 4.40. The highest BCUT2D eigenvalue weighted by Crippen LogP contribution is 2.41. The fourth-order valence-corrected chi connectivity index (χ4v) is 2.95. The summed E-state index contributed by atoms with van der Waals surface area (Å²) >= 11 is 0. The molecule has 0 aromatic heterocycles. The van der Waals surface area contributed by atoms with Gasteiger partial charge >= 0.3 is 0 Å². The quantitative estimate of drug-likeness (QED) is 0.812. The summed E-state index contributed by atoms with van der Waals surface area (Å²) in [4.78, 5) is 12.5. The van der Waals surface area contributed by atoms with E-state index >= 15 is 0 Å². The molecule has 1 heterocycles. The molecule has 2 N–H and O–H groups in total. The van der Waals surface area contributed by atoms with Crippen LogP contribution >= 0.6 is 0 Å². The molecule has 26 heavy (non-hydrogen) atoms. The Hall–Kier alpha value is -2.95. The molecule has 0 spiro atoms. The molecule has 0 fully saturated rings. The first-order chi connectivity index (χ1) is 12.2. The second-order valence-corrected chi connectivity index (χ2v) is 7.29. The SMILES string of the molecule is COc1cc2c(cc1OC)/C(=C/c1cc(C(C)(C)C)ccc1O)C(=O)N2. The van der Waals surface area contributed by atoms with Crippen molar-refractivity contribution in [1.29, 1.82) is 0 Å². The van der Waals surface area contributed by atoms with Crippen molar-refractivity contribution in [2.24, 2.45) is 0 Å². The number of nitrogens with one attached hydrogen (secondary N) is 1. The van der Waals surface area contributed by atoms with Crippen molar-refractivity contribution in [3.05, 3.63) is 47.0 Å². The van der Waals surface area contributed by atoms with E-state index in [0.717, 1.165) is 5.56 Å². The summed E-state index contributed by atoms with van der Waals surface area (Å²) in [5.74, 6) is 0.995. The number of phenols is 1. The fourth-order valence-electron chi connectivity index (χ4n) is 2.95. The lowest BCUT2D eigenvalue weighted by Crippen LogP contribution is -2.11. The van der Waals surface area contributed by atoms with Gasteiger partial charge in [-0.25, -0.2) is 0 Å². The van der Waals surface area contributed by atoms with Gasteiger partial charge in [0.05, 0.1) is 19.9 Å². The van der Waals surface area contributed by atoms with Crippen LogP contribution in [0.5, 0.6) is 17.2 Å². The number of aromatic hydroxyl groups is 1. The van der Waals surface area contributed by atoms with Gasteiger partial charge in [0.1, 0.15) is 5.75 Å². The van der Waals surface area contributed by atoms with Crippen molar-refractivity contribution < 1.29 is 19.4 Å². The lowest BCUT2D eigenvalue weighted by molar-refractivity contribution is -0.110. The largest absolute Gasteiger partial charge is 0.507 e. The summed E-state index contributed by atoms with van der Waals surface area (Å²) in [6.07, 6.45) is 1.71. The minimum absolute atomic E-state index is 0.0621. The van der Waals surface area contributed by atoms with E-state index in [1.807, 2.05) is 12.1 Å². The molecule has 5 heteroatoms. The molecule has 2 aromatic carbocycles. The van der Waals surface area contributed by atoms with Gasteiger partial charge in [0.15, 0.2) is 11.5 Å². The number of carbonyl (C=O) groups excluding carboxylic acids is 1. The summed E-state index contributed by atoms with van der Waals surface area (Å²) in [7, 11) is 3.10.